The minimum atomic E-state index is -0.140. The van der Waals surface area contributed by atoms with E-state index in [1.54, 1.807) is 7.05 Å². The molecule has 1 heterocycles. The van der Waals surface area contributed by atoms with Crippen LogP contribution in [0.3, 0.4) is 0 Å². The predicted octanol–water partition coefficient (Wildman–Crippen LogP) is 1.10. The number of allylic oxidation sites excluding steroid dienone is 2. The molecule has 2 fully saturated rings. The fraction of sp³-hybridized carbons (Fsp3) is 0.542. The van der Waals surface area contributed by atoms with Crippen LogP contribution in [0.1, 0.15) is 12.0 Å². The van der Waals surface area contributed by atoms with Gasteiger partial charge in [0.2, 0.25) is 11.8 Å². The second kappa shape index (κ2) is 9.73. The molecule has 1 aromatic carbocycles. The van der Waals surface area contributed by atoms with Crippen molar-refractivity contribution in [1.82, 2.24) is 20.4 Å². The number of imide groups is 1. The summed E-state index contributed by atoms with van der Waals surface area (Å²) < 4.78 is 5.92. The Hall–Kier alpha value is -2.87. The number of aliphatic imine (C=N–C) groups is 1. The maximum atomic E-state index is 12.8. The number of guanidine groups is 1. The van der Waals surface area contributed by atoms with Crippen LogP contribution >= 0.6 is 0 Å². The highest BCUT2D eigenvalue weighted by Gasteiger charge is 2.58. The van der Waals surface area contributed by atoms with E-state index >= 15 is 0 Å². The number of amides is 2. The molecule has 1 aliphatic heterocycles. The van der Waals surface area contributed by atoms with Gasteiger partial charge in [-0.3, -0.25) is 19.5 Å². The molecule has 172 valence electrons. The molecule has 1 saturated carbocycles. The molecule has 0 radical (unpaired) electrons. The van der Waals surface area contributed by atoms with Gasteiger partial charge in [-0.1, -0.05) is 30.4 Å². The number of para-hydroxylation sites is 1. The molecule has 1 aromatic rings. The van der Waals surface area contributed by atoms with E-state index in [2.05, 4.69) is 32.7 Å². The summed E-state index contributed by atoms with van der Waals surface area (Å²) in [7, 11) is 5.74. The molecule has 4 rings (SSSR count). The molecule has 1 saturated heterocycles. The minimum Gasteiger partial charge on any atom is -0.492 e. The number of carbonyl (C=O) groups excluding carboxylic acids is 2. The number of likely N-dealkylation sites (N-methyl/N-ethyl adjacent to an activating group) is 1. The fourth-order valence-corrected chi connectivity index (χ4v) is 5.00. The molecule has 4 unspecified atom stereocenters. The van der Waals surface area contributed by atoms with Crippen LogP contribution in [0.2, 0.25) is 0 Å². The maximum Gasteiger partial charge on any atom is 0.233 e. The van der Waals surface area contributed by atoms with Crippen molar-refractivity contribution in [3.8, 4) is 5.75 Å². The Bertz CT molecular complexity index is 883. The van der Waals surface area contributed by atoms with Gasteiger partial charge in [-0.25, -0.2) is 0 Å². The topological polar surface area (TPSA) is 86.3 Å². The monoisotopic (exact) mass is 439 g/mol. The average Bonchev–Trinajstić information content (AvgIpc) is 3.46. The van der Waals surface area contributed by atoms with Gasteiger partial charge in [0.05, 0.1) is 11.8 Å². The summed E-state index contributed by atoms with van der Waals surface area (Å²) in [5.41, 5.74) is 1.04. The first-order chi connectivity index (χ1) is 15.5. The highest BCUT2D eigenvalue weighted by molar-refractivity contribution is 6.06. The highest BCUT2D eigenvalue weighted by Crippen LogP contribution is 2.52. The van der Waals surface area contributed by atoms with Gasteiger partial charge < -0.3 is 20.3 Å². The smallest absolute Gasteiger partial charge is 0.233 e. The zero-order chi connectivity index (χ0) is 22.7. The van der Waals surface area contributed by atoms with Gasteiger partial charge in [-0.2, -0.15) is 0 Å². The lowest BCUT2D eigenvalue weighted by atomic mass is 9.85. The molecule has 8 nitrogen and oxygen atoms in total. The standard InChI is InChI=1S/C24H33N5O3/c1-25-24(27-15-18-6-4-5-7-19(18)32-13-12-28(2)3)26-10-11-29-22(30)20-16-8-9-17(14-16)21(20)23(29)31/h4-9,16-17,20-21H,10-15H2,1-3H3,(H2,25,26,27). The molecule has 0 aromatic heterocycles. The molecule has 32 heavy (non-hydrogen) atoms. The van der Waals surface area contributed by atoms with Gasteiger partial charge in [0.15, 0.2) is 5.96 Å². The Morgan fingerprint density at radius 2 is 1.81 bits per heavy atom. The SMILES string of the molecule is CN=C(NCCN1C(=O)C2C3C=CC(C3)C2C1=O)NCc1ccccc1OCCN(C)C. The van der Waals surface area contributed by atoms with Gasteiger partial charge >= 0.3 is 0 Å². The summed E-state index contributed by atoms with van der Waals surface area (Å²) in [6.45, 7) is 2.83. The van der Waals surface area contributed by atoms with E-state index in [1.807, 2.05) is 38.4 Å². The maximum absolute atomic E-state index is 12.8. The average molecular weight is 440 g/mol. The molecule has 2 aliphatic carbocycles. The highest BCUT2D eigenvalue weighted by atomic mass is 16.5. The van der Waals surface area contributed by atoms with Gasteiger partial charge in [0, 0.05) is 38.8 Å². The molecular formula is C24H33N5O3. The zero-order valence-corrected chi connectivity index (χ0v) is 19.1. The summed E-state index contributed by atoms with van der Waals surface area (Å²) in [6.07, 6.45) is 5.19. The van der Waals surface area contributed by atoms with E-state index < -0.39 is 0 Å². The Balaban J connectivity index is 1.25. The van der Waals surface area contributed by atoms with Crippen LogP contribution in [0, 0.1) is 23.7 Å². The van der Waals surface area contributed by atoms with Crippen LogP contribution in [0.15, 0.2) is 41.4 Å². The third kappa shape index (κ3) is 4.50. The van der Waals surface area contributed by atoms with E-state index in [0.29, 0.717) is 32.2 Å². The molecular weight excluding hydrogens is 406 g/mol. The Kier molecular flexibility index (Phi) is 6.79. The van der Waals surface area contributed by atoms with Gasteiger partial charge in [0.1, 0.15) is 12.4 Å². The second-order valence-electron chi connectivity index (χ2n) is 8.94. The molecule has 2 amide bonds. The fourth-order valence-electron chi connectivity index (χ4n) is 5.00. The van der Waals surface area contributed by atoms with Gasteiger partial charge in [-0.15, -0.1) is 0 Å². The van der Waals surface area contributed by atoms with E-state index in [1.165, 1.54) is 4.90 Å². The van der Waals surface area contributed by atoms with Gasteiger partial charge in [-0.05, 0) is 38.4 Å². The number of hydrogen-bond acceptors (Lipinski definition) is 5. The number of carbonyl (C=O) groups is 2. The first-order valence-corrected chi connectivity index (χ1v) is 11.3. The number of fused-ring (bicyclic) bond motifs is 5. The van der Waals surface area contributed by atoms with Crippen molar-refractivity contribution >= 4 is 17.8 Å². The van der Waals surface area contributed by atoms with Crippen LogP contribution in [-0.4, -0.2) is 75.0 Å². The third-order valence-corrected chi connectivity index (χ3v) is 6.63. The van der Waals surface area contributed by atoms with Crippen LogP contribution in [0.4, 0.5) is 0 Å². The number of nitrogens with one attached hydrogen (secondary N) is 2. The minimum absolute atomic E-state index is 0.00889. The zero-order valence-electron chi connectivity index (χ0n) is 19.1. The van der Waals surface area contributed by atoms with Crippen molar-refractivity contribution in [2.75, 3.05) is 47.4 Å². The summed E-state index contributed by atoms with van der Waals surface area (Å²) in [5.74, 6) is 1.66. The van der Waals surface area contributed by atoms with Crippen molar-refractivity contribution in [1.29, 1.82) is 0 Å². The lowest BCUT2D eigenvalue weighted by Crippen LogP contribution is -2.43. The van der Waals surface area contributed by atoms with Crippen LogP contribution in [0.25, 0.3) is 0 Å². The number of likely N-dealkylation sites (tertiary alicyclic amines) is 1. The lowest BCUT2D eigenvalue weighted by Gasteiger charge is -2.19. The number of rotatable bonds is 9. The number of ether oxygens (including phenoxy) is 1. The van der Waals surface area contributed by atoms with Crippen LogP contribution in [-0.2, 0) is 16.1 Å². The quantitative estimate of drug-likeness (QED) is 0.259. The van der Waals surface area contributed by atoms with Crippen molar-refractivity contribution in [3.05, 3.63) is 42.0 Å². The van der Waals surface area contributed by atoms with Crippen LogP contribution in [0.5, 0.6) is 5.75 Å². The van der Waals surface area contributed by atoms with E-state index in [0.717, 1.165) is 24.3 Å². The molecule has 3 aliphatic rings. The summed E-state index contributed by atoms with van der Waals surface area (Å²) in [6, 6.07) is 7.93. The van der Waals surface area contributed by atoms with Crippen molar-refractivity contribution in [3.63, 3.8) is 0 Å². The van der Waals surface area contributed by atoms with Crippen molar-refractivity contribution in [2.24, 2.45) is 28.7 Å². The summed E-state index contributed by atoms with van der Waals surface area (Å²) >= 11 is 0. The Labute approximate surface area is 189 Å². The van der Waals surface area contributed by atoms with E-state index in [4.69, 9.17) is 4.74 Å². The second-order valence-corrected chi connectivity index (χ2v) is 8.94. The number of benzene rings is 1. The molecule has 4 atom stereocenters. The van der Waals surface area contributed by atoms with Crippen LogP contribution < -0.4 is 15.4 Å². The predicted molar refractivity (Wildman–Crippen MR) is 123 cm³/mol. The number of nitrogens with zero attached hydrogens (tertiary/aromatic N) is 3. The first-order valence-electron chi connectivity index (χ1n) is 11.3. The largest absolute Gasteiger partial charge is 0.492 e. The van der Waals surface area contributed by atoms with Gasteiger partial charge in [0.25, 0.3) is 0 Å². The normalized spacial score (nSPS) is 26.2. The number of hydrogen-bond donors (Lipinski definition) is 2. The van der Waals surface area contributed by atoms with E-state index in [9.17, 15) is 9.59 Å². The third-order valence-electron chi connectivity index (χ3n) is 6.63. The molecule has 0 spiro atoms. The Morgan fingerprint density at radius 3 is 2.47 bits per heavy atom. The Morgan fingerprint density at radius 1 is 1.12 bits per heavy atom. The van der Waals surface area contributed by atoms with Crippen molar-refractivity contribution in [2.45, 2.75) is 13.0 Å². The van der Waals surface area contributed by atoms with Crippen molar-refractivity contribution < 1.29 is 14.3 Å². The molecule has 8 heteroatoms. The summed E-state index contributed by atoms with van der Waals surface area (Å²) in [4.78, 5) is 33.4. The lowest BCUT2D eigenvalue weighted by molar-refractivity contribution is -0.140. The van der Waals surface area contributed by atoms with E-state index in [-0.39, 0.29) is 35.5 Å². The molecule has 2 N–H and O–H groups in total. The first kappa shape index (κ1) is 22.3. The summed E-state index contributed by atoms with van der Waals surface area (Å²) in [5, 5.41) is 6.51. The molecule has 2 bridgehead atoms.